The van der Waals surface area contributed by atoms with Crippen LogP contribution in [0.1, 0.15) is 0 Å². The van der Waals surface area contributed by atoms with Crippen LogP contribution in [0.15, 0.2) is 215 Å². The molecule has 2 aromatic heterocycles. The van der Waals surface area contributed by atoms with Gasteiger partial charge in [0.2, 0.25) is 5.89 Å². The van der Waals surface area contributed by atoms with E-state index in [0.717, 1.165) is 66.8 Å². The second-order valence-corrected chi connectivity index (χ2v) is 14.4. The molecule has 11 rings (SSSR count). The van der Waals surface area contributed by atoms with Gasteiger partial charge < -0.3 is 13.7 Å². The summed E-state index contributed by atoms with van der Waals surface area (Å²) in [6.45, 7) is 0. The van der Waals surface area contributed by atoms with E-state index in [4.69, 9.17) is 13.8 Å². The topological polar surface area (TPSA) is 42.4 Å². The molecule has 0 bridgehead atoms. The van der Waals surface area contributed by atoms with E-state index in [1.807, 2.05) is 42.5 Å². The van der Waals surface area contributed by atoms with Crippen LogP contribution in [-0.2, 0) is 0 Å². The summed E-state index contributed by atoms with van der Waals surface area (Å²) in [6.07, 6.45) is 0. The number of oxazole rings is 1. The van der Waals surface area contributed by atoms with Crippen LogP contribution in [0.4, 0.5) is 17.1 Å². The Labute approximate surface area is 329 Å². The number of fused-ring (bicyclic) bond motifs is 6. The lowest BCUT2D eigenvalue weighted by atomic mass is 10.00. The molecule has 4 nitrogen and oxygen atoms in total. The molecule has 2 heterocycles. The van der Waals surface area contributed by atoms with Gasteiger partial charge in [-0.25, -0.2) is 4.98 Å². The third kappa shape index (κ3) is 5.92. The number of anilines is 3. The molecule has 0 unspecified atom stereocenters. The number of aromatic nitrogens is 1. The Morgan fingerprint density at radius 3 is 1.68 bits per heavy atom. The van der Waals surface area contributed by atoms with Crippen molar-refractivity contribution in [2.24, 2.45) is 0 Å². The van der Waals surface area contributed by atoms with Gasteiger partial charge in [0.1, 0.15) is 16.7 Å². The third-order valence-corrected chi connectivity index (χ3v) is 10.9. The first kappa shape index (κ1) is 32.7. The van der Waals surface area contributed by atoms with E-state index >= 15 is 0 Å². The largest absolute Gasteiger partial charge is 0.456 e. The van der Waals surface area contributed by atoms with Crippen LogP contribution in [0.3, 0.4) is 0 Å². The first-order valence-corrected chi connectivity index (χ1v) is 19.2. The summed E-state index contributed by atoms with van der Waals surface area (Å²) >= 11 is 0. The molecule has 0 fully saturated rings. The van der Waals surface area contributed by atoms with Gasteiger partial charge >= 0.3 is 0 Å². The van der Waals surface area contributed by atoms with E-state index in [2.05, 4.69) is 169 Å². The monoisotopic (exact) mass is 730 g/mol. The first-order chi connectivity index (χ1) is 28.2. The summed E-state index contributed by atoms with van der Waals surface area (Å²) in [4.78, 5) is 7.12. The van der Waals surface area contributed by atoms with Gasteiger partial charge in [0.05, 0.1) is 5.39 Å². The fourth-order valence-electron chi connectivity index (χ4n) is 8.01. The molecule has 0 aliphatic rings. The predicted octanol–water partition coefficient (Wildman–Crippen LogP) is 15.0. The summed E-state index contributed by atoms with van der Waals surface area (Å²) in [5.74, 6) is 0.603. The summed E-state index contributed by atoms with van der Waals surface area (Å²) in [5, 5.41) is 4.41. The minimum atomic E-state index is 0.603. The number of nitrogens with zero attached hydrogens (tertiary/aromatic N) is 2. The zero-order valence-electron chi connectivity index (χ0n) is 30.8. The Kier molecular flexibility index (Phi) is 7.78. The van der Waals surface area contributed by atoms with Crippen molar-refractivity contribution >= 4 is 60.9 Å². The lowest BCUT2D eigenvalue weighted by Crippen LogP contribution is -2.10. The molecule has 0 aliphatic carbocycles. The zero-order valence-corrected chi connectivity index (χ0v) is 30.8. The van der Waals surface area contributed by atoms with Crippen molar-refractivity contribution in [1.82, 2.24) is 4.98 Å². The quantitative estimate of drug-likeness (QED) is 0.164. The highest BCUT2D eigenvalue weighted by molar-refractivity contribution is 6.16. The molecule has 0 atom stereocenters. The lowest BCUT2D eigenvalue weighted by Gasteiger charge is -2.26. The molecule has 0 saturated heterocycles. The van der Waals surface area contributed by atoms with Crippen LogP contribution in [0, 0.1) is 0 Å². The summed E-state index contributed by atoms with van der Waals surface area (Å²) in [6, 6.07) is 72.5. The van der Waals surface area contributed by atoms with Crippen molar-refractivity contribution in [1.29, 1.82) is 0 Å². The average Bonchev–Trinajstić information content (AvgIpc) is 3.89. The van der Waals surface area contributed by atoms with Crippen LogP contribution >= 0.6 is 0 Å². The van der Waals surface area contributed by atoms with E-state index in [0.29, 0.717) is 5.89 Å². The molecule has 0 spiro atoms. The first-order valence-electron chi connectivity index (χ1n) is 19.2. The van der Waals surface area contributed by atoms with Crippen LogP contribution in [0.2, 0.25) is 0 Å². The smallest absolute Gasteiger partial charge is 0.227 e. The van der Waals surface area contributed by atoms with E-state index in [9.17, 15) is 0 Å². The lowest BCUT2D eigenvalue weighted by molar-refractivity contribution is 0.622. The molecule has 9 aromatic carbocycles. The van der Waals surface area contributed by atoms with Crippen LogP contribution in [0.25, 0.3) is 88.6 Å². The molecule has 0 aliphatic heterocycles. The average molecular weight is 731 g/mol. The van der Waals surface area contributed by atoms with Gasteiger partial charge in [-0.1, -0.05) is 127 Å². The Morgan fingerprint density at radius 1 is 0.351 bits per heavy atom. The maximum atomic E-state index is 6.43. The van der Waals surface area contributed by atoms with Crippen molar-refractivity contribution in [3.8, 4) is 44.8 Å². The maximum absolute atomic E-state index is 6.43. The number of benzene rings is 9. The highest BCUT2D eigenvalue weighted by Crippen LogP contribution is 2.41. The minimum absolute atomic E-state index is 0.603. The summed E-state index contributed by atoms with van der Waals surface area (Å²) < 4.78 is 12.8. The number of hydrogen-bond acceptors (Lipinski definition) is 4. The second kappa shape index (κ2) is 13.6. The molecule has 0 saturated carbocycles. The normalized spacial score (nSPS) is 11.5. The Balaban J connectivity index is 0.967. The maximum Gasteiger partial charge on any atom is 0.227 e. The van der Waals surface area contributed by atoms with Crippen molar-refractivity contribution in [2.45, 2.75) is 0 Å². The van der Waals surface area contributed by atoms with Crippen LogP contribution < -0.4 is 4.90 Å². The van der Waals surface area contributed by atoms with Crippen molar-refractivity contribution in [3.63, 3.8) is 0 Å². The Hall–Kier alpha value is -7.69. The highest BCUT2D eigenvalue weighted by Gasteiger charge is 2.18. The summed E-state index contributed by atoms with van der Waals surface area (Å²) in [7, 11) is 0. The van der Waals surface area contributed by atoms with Crippen molar-refractivity contribution in [2.75, 3.05) is 4.90 Å². The highest BCUT2D eigenvalue weighted by atomic mass is 16.4. The molecule has 11 aromatic rings. The second-order valence-electron chi connectivity index (χ2n) is 14.4. The molecule has 57 heavy (non-hydrogen) atoms. The van der Waals surface area contributed by atoms with E-state index in [1.54, 1.807) is 0 Å². The predicted molar refractivity (Wildman–Crippen MR) is 235 cm³/mol. The molecule has 0 amide bonds. The fourth-order valence-corrected chi connectivity index (χ4v) is 8.01. The zero-order chi connectivity index (χ0) is 37.7. The van der Waals surface area contributed by atoms with Gasteiger partial charge in [0, 0.05) is 28.0 Å². The van der Waals surface area contributed by atoms with E-state index in [-0.39, 0.29) is 0 Å². The SMILES string of the molecule is c1ccc(-c2ccc(N(c3ccc(-c4ccc5c(c4)oc4ccc6nc(-c7ccccc7)oc6c45)cc3)c3cccc(-c4ccc5ccccc5c4)c3)cc2)cc1. The van der Waals surface area contributed by atoms with Gasteiger partial charge in [-0.3, -0.25) is 0 Å². The van der Waals surface area contributed by atoms with Gasteiger partial charge in [0.15, 0.2) is 5.58 Å². The van der Waals surface area contributed by atoms with Gasteiger partial charge in [0.25, 0.3) is 0 Å². The van der Waals surface area contributed by atoms with Crippen LogP contribution in [-0.4, -0.2) is 4.98 Å². The molecular formula is C53H34N2O2. The third-order valence-electron chi connectivity index (χ3n) is 10.9. The van der Waals surface area contributed by atoms with Gasteiger partial charge in [-0.15, -0.1) is 0 Å². The fraction of sp³-hybridized carbons (Fsp3) is 0. The summed E-state index contributed by atoms with van der Waals surface area (Å²) in [5.41, 5.74) is 14.2. The van der Waals surface area contributed by atoms with Gasteiger partial charge in [-0.2, -0.15) is 0 Å². The molecule has 268 valence electrons. The number of rotatable bonds is 7. The van der Waals surface area contributed by atoms with Crippen molar-refractivity contribution in [3.05, 3.63) is 206 Å². The molecule has 0 N–H and O–H groups in total. The molecule has 0 radical (unpaired) electrons. The van der Waals surface area contributed by atoms with E-state index in [1.165, 1.54) is 33.0 Å². The van der Waals surface area contributed by atoms with E-state index < -0.39 is 0 Å². The number of hydrogen-bond donors (Lipinski definition) is 0. The molecular weight excluding hydrogens is 697 g/mol. The Morgan fingerprint density at radius 2 is 0.930 bits per heavy atom. The minimum Gasteiger partial charge on any atom is -0.456 e. The number of furan rings is 1. The van der Waals surface area contributed by atoms with Crippen LogP contribution in [0.5, 0.6) is 0 Å². The van der Waals surface area contributed by atoms with Gasteiger partial charge in [-0.05, 0) is 123 Å². The molecule has 4 heteroatoms. The Bertz CT molecular complexity index is 3220. The standard InChI is InChI=1S/C53H34N2O2/c1-3-10-35(11-4-1)37-20-25-44(26-21-37)55(46-17-9-16-41(33-46)42-19-18-36-12-7-8-15-40(36)32-42)45-27-22-38(23-28-45)43-24-29-47-50(34-43)56-49-31-30-48-52(51(47)49)57-53(54-48)39-13-5-2-6-14-39/h1-34H. The van der Waals surface area contributed by atoms with Crippen molar-refractivity contribution < 1.29 is 8.83 Å².